The number of nitrogens with zero attached hydrogens (tertiary/aromatic N) is 1. The molecule has 1 atom stereocenters. The number of carbonyl (C=O) groups excluding carboxylic acids is 4. The molecule has 27 heavy (non-hydrogen) atoms. The molecule has 1 fully saturated rings. The van der Waals surface area contributed by atoms with E-state index in [0.29, 0.717) is 24.3 Å². The lowest BCUT2D eigenvalue weighted by atomic mass is 10.1. The number of rotatable bonds is 8. The number of benzene rings is 1. The highest BCUT2D eigenvalue weighted by Gasteiger charge is 2.34. The van der Waals surface area contributed by atoms with Crippen LogP contribution in [-0.2, 0) is 19.1 Å². The fourth-order valence-corrected chi connectivity index (χ4v) is 3.13. The van der Waals surface area contributed by atoms with E-state index in [1.165, 1.54) is 0 Å². The fourth-order valence-electron chi connectivity index (χ4n) is 3.13. The van der Waals surface area contributed by atoms with E-state index in [9.17, 15) is 19.2 Å². The van der Waals surface area contributed by atoms with Crippen molar-refractivity contribution in [1.29, 1.82) is 0 Å². The summed E-state index contributed by atoms with van der Waals surface area (Å²) in [5, 5.41) is 2.66. The van der Waals surface area contributed by atoms with Gasteiger partial charge in [0.25, 0.3) is 17.7 Å². The Morgan fingerprint density at radius 3 is 2.52 bits per heavy atom. The third-order valence-electron chi connectivity index (χ3n) is 4.56. The van der Waals surface area contributed by atoms with Crippen molar-refractivity contribution in [2.75, 3.05) is 26.3 Å². The third-order valence-corrected chi connectivity index (χ3v) is 4.56. The molecule has 1 N–H and O–H groups in total. The van der Waals surface area contributed by atoms with Crippen molar-refractivity contribution in [3.63, 3.8) is 0 Å². The number of nitrogens with one attached hydrogen (secondary N) is 1. The van der Waals surface area contributed by atoms with Gasteiger partial charge in [-0.1, -0.05) is 12.1 Å². The molecule has 2 heterocycles. The number of fused-ring (bicyclic) bond motifs is 1. The van der Waals surface area contributed by atoms with Crippen LogP contribution in [0.2, 0.25) is 0 Å². The van der Waals surface area contributed by atoms with E-state index in [2.05, 4.69) is 5.32 Å². The summed E-state index contributed by atoms with van der Waals surface area (Å²) in [6.45, 7) is 0.907. The van der Waals surface area contributed by atoms with Gasteiger partial charge in [0.05, 0.1) is 17.2 Å². The first-order chi connectivity index (χ1) is 13.1. The number of amides is 3. The van der Waals surface area contributed by atoms with Gasteiger partial charge in [0.2, 0.25) is 0 Å². The first-order valence-corrected chi connectivity index (χ1v) is 9.05. The van der Waals surface area contributed by atoms with Gasteiger partial charge >= 0.3 is 5.97 Å². The zero-order chi connectivity index (χ0) is 19.2. The van der Waals surface area contributed by atoms with E-state index in [1.807, 2.05) is 0 Å². The summed E-state index contributed by atoms with van der Waals surface area (Å²) >= 11 is 0. The maximum absolute atomic E-state index is 12.2. The molecule has 0 unspecified atom stereocenters. The van der Waals surface area contributed by atoms with Crippen LogP contribution in [0.3, 0.4) is 0 Å². The third kappa shape index (κ3) is 4.71. The molecule has 0 aromatic heterocycles. The number of esters is 1. The lowest BCUT2D eigenvalue weighted by Crippen LogP contribution is -2.35. The fraction of sp³-hybridized carbons (Fsp3) is 0.474. The Labute approximate surface area is 156 Å². The van der Waals surface area contributed by atoms with Crippen molar-refractivity contribution in [2.45, 2.75) is 31.8 Å². The normalized spacial score (nSPS) is 18.5. The second-order valence-electron chi connectivity index (χ2n) is 6.51. The van der Waals surface area contributed by atoms with Crippen LogP contribution < -0.4 is 5.32 Å². The molecule has 0 aliphatic carbocycles. The molecular weight excluding hydrogens is 352 g/mol. The molecule has 1 aromatic carbocycles. The maximum Gasteiger partial charge on any atom is 0.306 e. The van der Waals surface area contributed by atoms with Gasteiger partial charge in [0, 0.05) is 26.1 Å². The van der Waals surface area contributed by atoms with Gasteiger partial charge in [0.15, 0.2) is 6.61 Å². The highest BCUT2D eigenvalue weighted by atomic mass is 16.5. The van der Waals surface area contributed by atoms with Crippen molar-refractivity contribution in [2.24, 2.45) is 0 Å². The van der Waals surface area contributed by atoms with E-state index in [0.717, 1.165) is 17.7 Å². The average Bonchev–Trinajstić information content (AvgIpc) is 3.28. The maximum atomic E-state index is 12.2. The van der Waals surface area contributed by atoms with Crippen LogP contribution in [-0.4, -0.2) is 61.0 Å². The van der Waals surface area contributed by atoms with Crippen molar-refractivity contribution >= 4 is 23.7 Å². The van der Waals surface area contributed by atoms with Crippen LogP contribution in [0.1, 0.15) is 46.4 Å². The second kappa shape index (κ2) is 8.77. The van der Waals surface area contributed by atoms with Gasteiger partial charge in [-0.25, -0.2) is 0 Å². The summed E-state index contributed by atoms with van der Waals surface area (Å²) in [7, 11) is 0. The van der Waals surface area contributed by atoms with E-state index in [4.69, 9.17) is 9.47 Å². The first-order valence-electron chi connectivity index (χ1n) is 9.05. The largest absolute Gasteiger partial charge is 0.456 e. The van der Waals surface area contributed by atoms with E-state index < -0.39 is 5.97 Å². The van der Waals surface area contributed by atoms with Crippen molar-refractivity contribution in [1.82, 2.24) is 10.2 Å². The highest BCUT2D eigenvalue weighted by Crippen LogP contribution is 2.22. The molecule has 2 aliphatic rings. The molecular formula is C19H22N2O6. The number of ether oxygens (including phenoxy) is 2. The average molecular weight is 374 g/mol. The van der Waals surface area contributed by atoms with Gasteiger partial charge in [-0.15, -0.1) is 0 Å². The standard InChI is InChI=1S/C19H22N2O6/c22-16(20-11-13-5-4-10-26-13)12-27-17(23)8-3-9-21-18(24)14-6-1-2-7-15(14)19(21)25/h1-2,6-7,13H,3-5,8-12H2,(H,20,22)/t13-/m0/s1. The molecule has 3 rings (SSSR count). The number of hydrogen-bond donors (Lipinski definition) is 1. The molecule has 1 saturated heterocycles. The summed E-state index contributed by atoms with van der Waals surface area (Å²) in [6, 6.07) is 6.63. The monoisotopic (exact) mass is 374 g/mol. The zero-order valence-electron chi connectivity index (χ0n) is 14.9. The minimum absolute atomic E-state index is 0.0203. The smallest absolute Gasteiger partial charge is 0.306 e. The van der Waals surface area contributed by atoms with Crippen molar-refractivity contribution < 1.29 is 28.7 Å². The molecule has 8 nitrogen and oxygen atoms in total. The van der Waals surface area contributed by atoms with E-state index in [1.54, 1.807) is 24.3 Å². The minimum atomic E-state index is -0.543. The van der Waals surface area contributed by atoms with Gasteiger partial charge < -0.3 is 14.8 Å². The van der Waals surface area contributed by atoms with Gasteiger partial charge in [0.1, 0.15) is 0 Å². The van der Waals surface area contributed by atoms with Gasteiger partial charge in [-0.2, -0.15) is 0 Å². The summed E-state index contributed by atoms with van der Waals surface area (Å²) in [4.78, 5) is 48.9. The molecule has 3 amide bonds. The van der Waals surface area contributed by atoms with Crippen LogP contribution in [0.15, 0.2) is 24.3 Å². The first kappa shape index (κ1) is 19.0. The number of carbonyl (C=O) groups is 4. The van der Waals surface area contributed by atoms with Crippen LogP contribution in [0.5, 0.6) is 0 Å². The zero-order valence-corrected chi connectivity index (χ0v) is 14.9. The Bertz CT molecular complexity index is 706. The molecule has 1 aromatic rings. The van der Waals surface area contributed by atoms with Crippen molar-refractivity contribution in [3.8, 4) is 0 Å². The molecule has 0 bridgehead atoms. The summed E-state index contributed by atoms with van der Waals surface area (Å²) < 4.78 is 10.3. The molecule has 8 heteroatoms. The predicted octanol–water partition coefficient (Wildman–Crippen LogP) is 0.901. The topological polar surface area (TPSA) is 102 Å². The van der Waals surface area contributed by atoms with E-state index >= 15 is 0 Å². The quantitative estimate of drug-likeness (QED) is 0.536. The van der Waals surface area contributed by atoms with Crippen LogP contribution in [0.4, 0.5) is 0 Å². The lowest BCUT2D eigenvalue weighted by molar-refractivity contribution is -0.148. The van der Waals surface area contributed by atoms with Crippen LogP contribution in [0, 0.1) is 0 Å². The molecule has 0 spiro atoms. The van der Waals surface area contributed by atoms with E-state index in [-0.39, 0.29) is 49.8 Å². The molecule has 0 radical (unpaired) electrons. The Kier molecular flexibility index (Phi) is 6.18. The predicted molar refractivity (Wildman–Crippen MR) is 94.0 cm³/mol. The number of hydrogen-bond acceptors (Lipinski definition) is 6. The number of imide groups is 1. The van der Waals surface area contributed by atoms with Gasteiger partial charge in [-0.3, -0.25) is 24.1 Å². The molecule has 144 valence electrons. The van der Waals surface area contributed by atoms with Crippen molar-refractivity contribution in [3.05, 3.63) is 35.4 Å². The minimum Gasteiger partial charge on any atom is -0.456 e. The molecule has 0 saturated carbocycles. The molecule has 2 aliphatic heterocycles. The Hall–Kier alpha value is -2.74. The Morgan fingerprint density at radius 2 is 1.89 bits per heavy atom. The summed E-state index contributed by atoms with van der Waals surface area (Å²) in [6.07, 6.45) is 2.23. The lowest BCUT2D eigenvalue weighted by Gasteiger charge is -2.13. The van der Waals surface area contributed by atoms with Gasteiger partial charge in [-0.05, 0) is 31.4 Å². The van der Waals surface area contributed by atoms with Crippen LogP contribution >= 0.6 is 0 Å². The SMILES string of the molecule is O=C(COC(=O)CCCN1C(=O)c2ccccc2C1=O)NC[C@@H]1CCCO1. The Balaban J connectivity index is 1.33. The summed E-state index contributed by atoms with van der Waals surface area (Å²) in [5.74, 6) is -1.62. The van der Waals surface area contributed by atoms with Crippen LogP contribution in [0.25, 0.3) is 0 Å². The summed E-state index contributed by atoms with van der Waals surface area (Å²) in [5.41, 5.74) is 0.765. The Morgan fingerprint density at radius 1 is 1.19 bits per heavy atom. The highest BCUT2D eigenvalue weighted by molar-refractivity contribution is 6.21. The second-order valence-corrected chi connectivity index (χ2v) is 6.51.